The van der Waals surface area contributed by atoms with Crippen LogP contribution in [0.5, 0.6) is 5.75 Å². The van der Waals surface area contributed by atoms with Crippen molar-refractivity contribution in [2.24, 2.45) is 0 Å². The third-order valence-corrected chi connectivity index (χ3v) is 7.45. The summed E-state index contributed by atoms with van der Waals surface area (Å²) >= 11 is 0. The standard InChI is InChI=1S/C29H42N4O3/c1-29(2,3)21-5-10-24(11-6-21)32-15-17-33(18-16-32)28(34)20-36-25-12-7-22(8-13-25)31-23-9-14-26(30)27(19-23)35-4/h5-6,9-11,14,19,22,25,31H,7-8,12-13,15-18,20,30H2,1-4H3. The fourth-order valence-corrected chi connectivity index (χ4v) is 5.08. The van der Waals surface area contributed by atoms with E-state index in [1.54, 1.807) is 7.11 Å². The number of nitrogens with two attached hydrogens (primary N) is 1. The molecule has 1 saturated heterocycles. The molecule has 3 N–H and O–H groups in total. The maximum Gasteiger partial charge on any atom is 0.248 e. The van der Waals surface area contributed by atoms with Crippen molar-refractivity contribution < 1.29 is 14.3 Å². The molecule has 2 aromatic carbocycles. The number of hydrogen-bond acceptors (Lipinski definition) is 6. The van der Waals surface area contributed by atoms with Crippen LogP contribution in [-0.2, 0) is 14.9 Å². The largest absolute Gasteiger partial charge is 0.495 e. The van der Waals surface area contributed by atoms with Crippen molar-refractivity contribution in [1.29, 1.82) is 0 Å². The van der Waals surface area contributed by atoms with Gasteiger partial charge in [-0.15, -0.1) is 0 Å². The van der Waals surface area contributed by atoms with Gasteiger partial charge in [0.05, 0.1) is 18.9 Å². The lowest BCUT2D eigenvalue weighted by Crippen LogP contribution is -2.50. The summed E-state index contributed by atoms with van der Waals surface area (Å²) in [5.74, 6) is 0.793. The average Bonchev–Trinajstić information content (AvgIpc) is 2.89. The predicted molar refractivity (Wildman–Crippen MR) is 147 cm³/mol. The predicted octanol–water partition coefficient (Wildman–Crippen LogP) is 4.66. The highest BCUT2D eigenvalue weighted by Gasteiger charge is 2.25. The van der Waals surface area contributed by atoms with Crippen LogP contribution in [0, 0.1) is 0 Å². The van der Waals surface area contributed by atoms with E-state index >= 15 is 0 Å². The highest BCUT2D eigenvalue weighted by molar-refractivity contribution is 5.77. The van der Waals surface area contributed by atoms with Gasteiger partial charge in [0.1, 0.15) is 12.4 Å². The number of methoxy groups -OCH3 is 1. The molecule has 36 heavy (non-hydrogen) atoms. The lowest BCUT2D eigenvalue weighted by molar-refractivity contribution is -0.139. The van der Waals surface area contributed by atoms with E-state index in [0.29, 0.717) is 17.5 Å². The smallest absolute Gasteiger partial charge is 0.248 e. The molecule has 196 valence electrons. The number of amides is 1. The molecule has 1 aliphatic carbocycles. The van der Waals surface area contributed by atoms with E-state index in [-0.39, 0.29) is 24.0 Å². The Labute approximate surface area is 215 Å². The van der Waals surface area contributed by atoms with E-state index in [2.05, 4.69) is 55.3 Å². The minimum Gasteiger partial charge on any atom is -0.495 e. The van der Waals surface area contributed by atoms with Crippen molar-refractivity contribution in [2.45, 2.75) is 64.0 Å². The highest BCUT2D eigenvalue weighted by Crippen LogP contribution is 2.29. The van der Waals surface area contributed by atoms with Gasteiger partial charge in [0.15, 0.2) is 0 Å². The van der Waals surface area contributed by atoms with Crippen molar-refractivity contribution in [3.8, 4) is 5.75 Å². The van der Waals surface area contributed by atoms with Crippen molar-refractivity contribution in [1.82, 2.24) is 4.90 Å². The monoisotopic (exact) mass is 494 g/mol. The van der Waals surface area contributed by atoms with Crippen LogP contribution in [0.3, 0.4) is 0 Å². The quantitative estimate of drug-likeness (QED) is 0.545. The Morgan fingerprint density at radius 3 is 2.28 bits per heavy atom. The van der Waals surface area contributed by atoms with E-state index in [4.69, 9.17) is 15.2 Å². The third-order valence-electron chi connectivity index (χ3n) is 7.45. The van der Waals surface area contributed by atoms with Crippen molar-refractivity contribution in [2.75, 3.05) is 55.8 Å². The number of nitrogen functional groups attached to an aromatic ring is 1. The number of ether oxygens (including phenoxy) is 2. The van der Waals surface area contributed by atoms with Gasteiger partial charge in [0.25, 0.3) is 0 Å². The normalized spacial score (nSPS) is 20.8. The molecule has 2 fully saturated rings. The van der Waals surface area contributed by atoms with Crippen LogP contribution in [-0.4, -0.2) is 62.8 Å². The number of benzene rings is 2. The molecule has 0 aromatic heterocycles. The summed E-state index contributed by atoms with van der Waals surface area (Å²) in [7, 11) is 1.63. The van der Waals surface area contributed by atoms with Gasteiger partial charge >= 0.3 is 0 Å². The van der Waals surface area contributed by atoms with Crippen LogP contribution in [0.4, 0.5) is 17.1 Å². The summed E-state index contributed by atoms with van der Waals surface area (Å²) in [5, 5.41) is 3.58. The minimum absolute atomic E-state index is 0.104. The summed E-state index contributed by atoms with van der Waals surface area (Å²) in [5.41, 5.74) is 10.3. The van der Waals surface area contributed by atoms with Gasteiger partial charge in [0, 0.05) is 49.7 Å². The first-order chi connectivity index (χ1) is 17.2. The molecule has 0 unspecified atom stereocenters. The molecule has 2 aromatic rings. The van der Waals surface area contributed by atoms with Gasteiger partial charge < -0.3 is 30.3 Å². The Hall–Kier alpha value is -2.93. The summed E-state index contributed by atoms with van der Waals surface area (Å²) < 4.78 is 11.4. The van der Waals surface area contributed by atoms with Gasteiger partial charge in [-0.1, -0.05) is 32.9 Å². The number of piperazine rings is 1. The summed E-state index contributed by atoms with van der Waals surface area (Å²) in [6.07, 6.45) is 4.08. The molecule has 1 saturated carbocycles. The second kappa shape index (κ2) is 11.4. The van der Waals surface area contributed by atoms with Crippen molar-refractivity contribution in [3.63, 3.8) is 0 Å². The molecule has 7 nitrogen and oxygen atoms in total. The number of carbonyl (C=O) groups excluding carboxylic acids is 1. The lowest BCUT2D eigenvalue weighted by atomic mass is 9.87. The van der Waals surface area contributed by atoms with Crippen molar-refractivity contribution >= 4 is 23.0 Å². The van der Waals surface area contributed by atoms with E-state index in [0.717, 1.165) is 57.5 Å². The fourth-order valence-electron chi connectivity index (χ4n) is 5.08. The van der Waals surface area contributed by atoms with Crippen LogP contribution in [0.25, 0.3) is 0 Å². The second-order valence-electron chi connectivity index (χ2n) is 11.1. The van der Waals surface area contributed by atoms with Gasteiger partial charge in [-0.2, -0.15) is 0 Å². The zero-order valence-electron chi connectivity index (χ0n) is 22.3. The number of nitrogens with zero attached hydrogens (tertiary/aromatic N) is 2. The number of hydrogen-bond donors (Lipinski definition) is 2. The minimum atomic E-state index is 0.104. The molecule has 1 amide bonds. The molecule has 0 radical (unpaired) electrons. The molecule has 7 heteroatoms. The molecule has 1 aliphatic heterocycles. The van der Waals surface area contributed by atoms with Gasteiger partial charge in [-0.3, -0.25) is 4.79 Å². The molecule has 4 rings (SSSR count). The molecule has 0 bridgehead atoms. The number of carbonyl (C=O) groups is 1. The molecule has 0 atom stereocenters. The van der Waals surface area contributed by atoms with Gasteiger partial charge in [-0.25, -0.2) is 0 Å². The first-order valence-corrected chi connectivity index (χ1v) is 13.2. The Morgan fingerprint density at radius 2 is 1.67 bits per heavy atom. The molecular formula is C29H42N4O3. The van der Waals surface area contributed by atoms with Crippen LogP contribution < -0.4 is 20.7 Å². The van der Waals surface area contributed by atoms with Gasteiger partial charge in [0.2, 0.25) is 5.91 Å². The summed E-state index contributed by atoms with van der Waals surface area (Å²) in [6.45, 7) is 10.1. The Kier molecular flexibility index (Phi) is 8.29. The molecule has 1 heterocycles. The van der Waals surface area contributed by atoms with Crippen molar-refractivity contribution in [3.05, 3.63) is 48.0 Å². The lowest BCUT2D eigenvalue weighted by Gasteiger charge is -2.37. The average molecular weight is 495 g/mol. The Morgan fingerprint density at radius 1 is 1.00 bits per heavy atom. The summed E-state index contributed by atoms with van der Waals surface area (Å²) in [4.78, 5) is 17.1. The van der Waals surface area contributed by atoms with Gasteiger partial charge in [-0.05, 0) is 60.9 Å². The summed E-state index contributed by atoms with van der Waals surface area (Å²) in [6, 6.07) is 15.0. The number of nitrogens with one attached hydrogen (secondary N) is 1. The van der Waals surface area contributed by atoms with Crippen LogP contribution >= 0.6 is 0 Å². The van der Waals surface area contributed by atoms with E-state index in [1.807, 2.05) is 23.1 Å². The molecule has 0 spiro atoms. The number of rotatable bonds is 7. The Bertz CT molecular complexity index is 1000. The topological polar surface area (TPSA) is 80.1 Å². The zero-order chi connectivity index (χ0) is 25.7. The van der Waals surface area contributed by atoms with Crippen LogP contribution in [0.1, 0.15) is 52.0 Å². The first-order valence-electron chi connectivity index (χ1n) is 13.2. The third kappa shape index (κ3) is 6.64. The maximum atomic E-state index is 12.8. The molecule has 2 aliphatic rings. The number of anilines is 3. The van der Waals surface area contributed by atoms with E-state index < -0.39 is 0 Å². The zero-order valence-corrected chi connectivity index (χ0v) is 22.3. The van der Waals surface area contributed by atoms with E-state index in [1.165, 1.54) is 11.3 Å². The second-order valence-corrected chi connectivity index (χ2v) is 11.1. The first kappa shape index (κ1) is 26.1. The Balaban J connectivity index is 1.16. The van der Waals surface area contributed by atoms with E-state index in [9.17, 15) is 4.79 Å². The molecular weight excluding hydrogens is 452 g/mol. The maximum absolute atomic E-state index is 12.8. The van der Waals surface area contributed by atoms with Crippen LogP contribution in [0.2, 0.25) is 0 Å². The fraction of sp³-hybridized carbons (Fsp3) is 0.552. The van der Waals surface area contributed by atoms with Crippen LogP contribution in [0.15, 0.2) is 42.5 Å². The SMILES string of the molecule is COc1cc(NC2CCC(OCC(=O)N3CCN(c4ccc(C(C)(C)C)cc4)CC3)CC2)ccc1N. The highest BCUT2D eigenvalue weighted by atomic mass is 16.5.